The van der Waals surface area contributed by atoms with Crippen LogP contribution in [0.3, 0.4) is 0 Å². The van der Waals surface area contributed by atoms with Crippen LogP contribution >= 0.6 is 0 Å². The fourth-order valence-corrected chi connectivity index (χ4v) is 1.91. The van der Waals surface area contributed by atoms with Crippen LogP contribution in [-0.4, -0.2) is 6.61 Å². The highest BCUT2D eigenvalue weighted by molar-refractivity contribution is 5.27. The first-order chi connectivity index (χ1) is 7.79. The molecule has 1 unspecified atom stereocenters. The van der Waals surface area contributed by atoms with Crippen molar-refractivity contribution in [1.82, 2.24) is 0 Å². The van der Waals surface area contributed by atoms with Crippen LogP contribution in [0.5, 0.6) is 0 Å². The van der Waals surface area contributed by atoms with E-state index in [1.54, 1.807) is 0 Å². The van der Waals surface area contributed by atoms with Crippen molar-refractivity contribution < 1.29 is 4.74 Å². The molecular formula is C15H24O. The van der Waals surface area contributed by atoms with Crippen LogP contribution in [0, 0.1) is 6.92 Å². The lowest BCUT2D eigenvalue weighted by Crippen LogP contribution is -2.07. The summed E-state index contributed by atoms with van der Waals surface area (Å²) in [5.74, 6) is 0. The molecule has 0 amide bonds. The summed E-state index contributed by atoms with van der Waals surface area (Å²) in [5, 5.41) is 0. The van der Waals surface area contributed by atoms with Crippen LogP contribution in [0.2, 0.25) is 0 Å². The van der Waals surface area contributed by atoms with E-state index in [0.29, 0.717) is 0 Å². The summed E-state index contributed by atoms with van der Waals surface area (Å²) in [4.78, 5) is 0. The lowest BCUT2D eigenvalue weighted by molar-refractivity contribution is 0.0438. The number of benzene rings is 1. The van der Waals surface area contributed by atoms with Gasteiger partial charge in [-0.05, 0) is 30.9 Å². The van der Waals surface area contributed by atoms with Crippen molar-refractivity contribution in [3.8, 4) is 0 Å². The highest BCUT2D eigenvalue weighted by atomic mass is 16.5. The van der Waals surface area contributed by atoms with E-state index in [9.17, 15) is 0 Å². The number of aryl methyl sites for hydroxylation is 1. The highest BCUT2D eigenvalue weighted by Gasteiger charge is 2.12. The van der Waals surface area contributed by atoms with E-state index in [0.717, 1.165) is 19.4 Å². The van der Waals surface area contributed by atoms with E-state index in [4.69, 9.17) is 4.74 Å². The SMILES string of the molecule is CCCCOC(CCC)c1ccccc1C. The van der Waals surface area contributed by atoms with Gasteiger partial charge in [0.15, 0.2) is 0 Å². The topological polar surface area (TPSA) is 9.23 Å². The molecule has 0 aromatic heterocycles. The van der Waals surface area contributed by atoms with Crippen LogP contribution in [0.1, 0.15) is 56.8 Å². The molecular weight excluding hydrogens is 196 g/mol. The molecule has 0 aliphatic heterocycles. The summed E-state index contributed by atoms with van der Waals surface area (Å²) < 4.78 is 5.99. The van der Waals surface area contributed by atoms with E-state index in [-0.39, 0.29) is 6.10 Å². The Hall–Kier alpha value is -0.820. The summed E-state index contributed by atoms with van der Waals surface area (Å²) in [7, 11) is 0. The van der Waals surface area contributed by atoms with E-state index in [1.165, 1.54) is 24.0 Å². The first-order valence-electron chi connectivity index (χ1n) is 6.46. The average molecular weight is 220 g/mol. The van der Waals surface area contributed by atoms with Crippen LogP contribution in [0.4, 0.5) is 0 Å². The summed E-state index contributed by atoms with van der Waals surface area (Å²) >= 11 is 0. The molecule has 0 radical (unpaired) electrons. The van der Waals surface area contributed by atoms with Gasteiger partial charge in [-0.15, -0.1) is 0 Å². The van der Waals surface area contributed by atoms with Crippen LogP contribution in [0.25, 0.3) is 0 Å². The lowest BCUT2D eigenvalue weighted by atomic mass is 10.0. The Morgan fingerprint density at radius 2 is 1.88 bits per heavy atom. The predicted octanol–water partition coefficient (Wildman–Crippen LogP) is 4.65. The molecule has 1 aromatic carbocycles. The molecule has 0 aliphatic rings. The van der Waals surface area contributed by atoms with Gasteiger partial charge in [0.05, 0.1) is 6.10 Å². The molecule has 1 atom stereocenters. The molecule has 16 heavy (non-hydrogen) atoms. The van der Waals surface area contributed by atoms with Crippen LogP contribution in [-0.2, 0) is 4.74 Å². The normalized spacial score (nSPS) is 12.7. The molecule has 0 saturated carbocycles. The van der Waals surface area contributed by atoms with Crippen molar-refractivity contribution in [2.45, 2.75) is 52.6 Å². The standard InChI is InChI=1S/C15H24O/c1-4-6-12-16-15(9-5-2)14-11-8-7-10-13(14)3/h7-8,10-11,15H,4-6,9,12H2,1-3H3. The molecule has 1 nitrogen and oxygen atoms in total. The summed E-state index contributed by atoms with van der Waals surface area (Å²) in [6.45, 7) is 7.47. The minimum Gasteiger partial charge on any atom is -0.374 e. The zero-order chi connectivity index (χ0) is 11.8. The molecule has 0 fully saturated rings. The molecule has 0 heterocycles. The number of hydrogen-bond acceptors (Lipinski definition) is 1. The highest BCUT2D eigenvalue weighted by Crippen LogP contribution is 2.25. The number of hydrogen-bond donors (Lipinski definition) is 0. The third kappa shape index (κ3) is 3.97. The molecule has 0 aliphatic carbocycles. The fraction of sp³-hybridized carbons (Fsp3) is 0.600. The Balaban J connectivity index is 2.65. The van der Waals surface area contributed by atoms with Crippen molar-refractivity contribution in [1.29, 1.82) is 0 Å². The molecule has 0 saturated heterocycles. The largest absolute Gasteiger partial charge is 0.374 e. The number of rotatable bonds is 7. The Morgan fingerprint density at radius 3 is 2.50 bits per heavy atom. The lowest BCUT2D eigenvalue weighted by Gasteiger charge is -2.19. The zero-order valence-electron chi connectivity index (χ0n) is 10.8. The second kappa shape index (κ2) is 7.45. The molecule has 90 valence electrons. The quantitative estimate of drug-likeness (QED) is 0.608. The molecule has 1 rings (SSSR count). The zero-order valence-corrected chi connectivity index (χ0v) is 10.8. The van der Waals surface area contributed by atoms with Gasteiger partial charge < -0.3 is 4.74 Å². The van der Waals surface area contributed by atoms with Crippen molar-refractivity contribution in [3.63, 3.8) is 0 Å². The van der Waals surface area contributed by atoms with Crippen molar-refractivity contribution in [3.05, 3.63) is 35.4 Å². The monoisotopic (exact) mass is 220 g/mol. The third-order valence-corrected chi connectivity index (χ3v) is 2.90. The average Bonchev–Trinajstić information content (AvgIpc) is 2.29. The fourth-order valence-electron chi connectivity index (χ4n) is 1.91. The second-order valence-electron chi connectivity index (χ2n) is 4.36. The second-order valence-corrected chi connectivity index (χ2v) is 4.36. The first kappa shape index (κ1) is 13.2. The van der Waals surface area contributed by atoms with E-state index < -0.39 is 0 Å². The van der Waals surface area contributed by atoms with Gasteiger partial charge in [0.1, 0.15) is 0 Å². The van der Waals surface area contributed by atoms with Gasteiger partial charge in [0, 0.05) is 6.61 Å². The smallest absolute Gasteiger partial charge is 0.0827 e. The van der Waals surface area contributed by atoms with E-state index in [1.807, 2.05) is 0 Å². The summed E-state index contributed by atoms with van der Waals surface area (Å²) in [6.07, 6.45) is 4.94. The maximum absolute atomic E-state index is 5.99. The maximum Gasteiger partial charge on any atom is 0.0827 e. The predicted molar refractivity (Wildman–Crippen MR) is 69.7 cm³/mol. The van der Waals surface area contributed by atoms with Gasteiger partial charge in [-0.1, -0.05) is 51.0 Å². The number of unbranched alkanes of at least 4 members (excludes halogenated alkanes) is 1. The summed E-state index contributed by atoms with van der Waals surface area (Å²) in [5.41, 5.74) is 2.71. The molecule has 0 spiro atoms. The van der Waals surface area contributed by atoms with E-state index >= 15 is 0 Å². The summed E-state index contributed by atoms with van der Waals surface area (Å²) in [6, 6.07) is 8.56. The van der Waals surface area contributed by atoms with Crippen LogP contribution in [0.15, 0.2) is 24.3 Å². The van der Waals surface area contributed by atoms with Crippen molar-refractivity contribution in [2.75, 3.05) is 6.61 Å². The minimum atomic E-state index is 0.290. The van der Waals surface area contributed by atoms with Gasteiger partial charge in [-0.3, -0.25) is 0 Å². The Morgan fingerprint density at radius 1 is 1.12 bits per heavy atom. The Labute approximate surface area is 99.8 Å². The van der Waals surface area contributed by atoms with Gasteiger partial charge in [0.25, 0.3) is 0 Å². The third-order valence-electron chi connectivity index (χ3n) is 2.90. The first-order valence-corrected chi connectivity index (χ1v) is 6.46. The molecule has 1 heteroatoms. The van der Waals surface area contributed by atoms with Crippen LogP contribution < -0.4 is 0 Å². The Kier molecular flexibility index (Phi) is 6.17. The van der Waals surface area contributed by atoms with Gasteiger partial charge in [0.2, 0.25) is 0 Å². The Bertz CT molecular complexity index is 293. The minimum absolute atomic E-state index is 0.290. The number of ether oxygens (including phenoxy) is 1. The molecule has 0 bridgehead atoms. The van der Waals surface area contributed by atoms with Gasteiger partial charge >= 0.3 is 0 Å². The molecule has 1 aromatic rings. The van der Waals surface area contributed by atoms with Crippen molar-refractivity contribution in [2.24, 2.45) is 0 Å². The maximum atomic E-state index is 5.99. The van der Waals surface area contributed by atoms with Gasteiger partial charge in [-0.25, -0.2) is 0 Å². The molecule has 0 N–H and O–H groups in total. The van der Waals surface area contributed by atoms with E-state index in [2.05, 4.69) is 45.0 Å². The van der Waals surface area contributed by atoms with Gasteiger partial charge in [-0.2, -0.15) is 0 Å². The van der Waals surface area contributed by atoms with Crippen molar-refractivity contribution >= 4 is 0 Å².